The van der Waals surface area contributed by atoms with E-state index >= 15 is 0 Å². The summed E-state index contributed by atoms with van der Waals surface area (Å²) in [6, 6.07) is 32.2. The third kappa shape index (κ3) is 4.32. The Balaban J connectivity index is 0.000000684. The molecule has 0 unspecified atom stereocenters. The second-order valence-electron chi connectivity index (χ2n) is 10.2. The molecule has 0 saturated heterocycles. The predicted molar refractivity (Wildman–Crippen MR) is 178 cm³/mol. The number of H-pyrrole nitrogens is 2. The first kappa shape index (κ1) is 26.2. The number of fused-ring (bicyclic) bond motifs is 20. The van der Waals surface area contributed by atoms with Crippen LogP contribution in [-0.2, 0) is 4.12 Å². The number of aromatic amines is 2. The van der Waals surface area contributed by atoms with E-state index in [1.165, 1.54) is 0 Å². The summed E-state index contributed by atoms with van der Waals surface area (Å²) in [5.41, 5.74) is 6.45. The van der Waals surface area contributed by atoms with Gasteiger partial charge in [0.1, 0.15) is 33.1 Å². The molecule has 4 aromatic carbocycles. The zero-order valence-corrected chi connectivity index (χ0v) is 26.9. The monoisotopic (exact) mass is 608 g/mol. The lowest BCUT2D eigenvalue weighted by Gasteiger charge is -1.96. The Bertz CT molecular complexity index is 2080. The highest BCUT2D eigenvalue weighted by molar-refractivity contribution is 6.26. The van der Waals surface area contributed by atoms with E-state index in [1.54, 1.807) is 0 Å². The van der Waals surface area contributed by atoms with E-state index in [-0.39, 0.29) is 0 Å². The number of benzene rings is 4. The standard InChI is InChI=1S/C32H18N8.H6O2Si2/c1-2-10-18-17(9-1)25-33-26(18)38-28-21-13-5-6-14-22(21)30(35-28)40-32-24-16-8-7-15-23(24)31(36-32)39-29-20-12-4-3-11-19(20)27(34-29)37-25;1-4-2-3/h1-16H,(H2,33,34,35,36,37,38,39,40);1H,4H2,3H3. The highest BCUT2D eigenvalue weighted by atomic mass is 28.3. The van der Waals surface area contributed by atoms with Crippen LogP contribution < -0.4 is 0 Å². The first-order valence-electron chi connectivity index (χ1n) is 14.0. The van der Waals surface area contributed by atoms with Crippen LogP contribution in [0.1, 0.15) is 0 Å². The van der Waals surface area contributed by atoms with Crippen LogP contribution in [0.5, 0.6) is 0 Å². The Morgan fingerprint density at radius 1 is 0.455 bits per heavy atom. The van der Waals surface area contributed by atoms with E-state index < -0.39 is 10.0 Å². The summed E-state index contributed by atoms with van der Waals surface area (Å²) in [5, 5.41) is 3.82. The number of nitrogens with one attached hydrogen (secondary N) is 2. The van der Waals surface area contributed by atoms with Crippen LogP contribution in [0, 0.1) is 0 Å². The molecule has 3 N–H and O–H groups in total. The van der Waals surface area contributed by atoms with Crippen molar-refractivity contribution in [3.63, 3.8) is 0 Å². The smallest absolute Gasteiger partial charge is 0.290 e. The fraction of sp³-hybridized carbons (Fsp3) is 0. The van der Waals surface area contributed by atoms with E-state index in [4.69, 9.17) is 34.7 Å². The minimum atomic E-state index is -1.01. The average Bonchev–Trinajstić information content (AvgIpc) is 3.81. The molecule has 2 aliphatic heterocycles. The molecule has 0 spiro atoms. The maximum absolute atomic E-state index is 7.83. The average molecular weight is 609 g/mol. The molecule has 5 heterocycles. The van der Waals surface area contributed by atoms with Gasteiger partial charge in [-0.05, 0) is 0 Å². The number of aromatic nitrogens is 8. The highest BCUT2D eigenvalue weighted by Gasteiger charge is 2.21. The molecular weight excluding hydrogens is 585 g/mol. The molecule has 0 fully saturated rings. The third-order valence-electron chi connectivity index (χ3n) is 7.59. The van der Waals surface area contributed by atoms with Crippen LogP contribution in [0.2, 0.25) is 0 Å². The molecule has 0 radical (unpaired) electrons. The molecule has 8 bridgehead atoms. The summed E-state index contributed by atoms with van der Waals surface area (Å²) >= 11 is 0. The quantitative estimate of drug-likeness (QED) is 0.237. The van der Waals surface area contributed by atoms with Gasteiger partial charge in [0.15, 0.2) is 23.3 Å². The van der Waals surface area contributed by atoms with Crippen LogP contribution in [0.25, 0.3) is 89.7 Å². The van der Waals surface area contributed by atoms with Crippen LogP contribution in [0.3, 0.4) is 0 Å². The summed E-state index contributed by atoms with van der Waals surface area (Å²) in [5.74, 6) is 2.39. The van der Waals surface area contributed by atoms with Gasteiger partial charge in [-0.25, -0.2) is 29.9 Å². The summed E-state index contributed by atoms with van der Waals surface area (Å²) in [6.07, 6.45) is 0. The first-order chi connectivity index (χ1) is 21.7. The van der Waals surface area contributed by atoms with Crippen molar-refractivity contribution in [2.45, 2.75) is 0 Å². The van der Waals surface area contributed by atoms with Crippen molar-refractivity contribution in [2.75, 3.05) is 0 Å². The van der Waals surface area contributed by atoms with Gasteiger partial charge in [-0.3, -0.25) is 0 Å². The normalized spacial score (nSPS) is 11.9. The van der Waals surface area contributed by atoms with E-state index in [0.717, 1.165) is 43.8 Å². The lowest BCUT2D eigenvalue weighted by Crippen LogP contribution is -1.88. The van der Waals surface area contributed by atoms with Crippen molar-refractivity contribution in [3.05, 3.63) is 97.1 Å². The van der Waals surface area contributed by atoms with E-state index in [9.17, 15) is 0 Å². The highest BCUT2D eigenvalue weighted by Crippen LogP contribution is 2.36. The van der Waals surface area contributed by atoms with Gasteiger partial charge in [-0.15, -0.1) is 0 Å². The molecule has 9 rings (SSSR count). The van der Waals surface area contributed by atoms with Crippen molar-refractivity contribution >= 4 is 64.6 Å². The fourth-order valence-corrected chi connectivity index (χ4v) is 5.59. The minimum absolute atomic E-state index is 0.597. The van der Waals surface area contributed by atoms with Gasteiger partial charge in [-0.1, -0.05) is 97.1 Å². The van der Waals surface area contributed by atoms with Gasteiger partial charge >= 0.3 is 0 Å². The fourth-order valence-electron chi connectivity index (χ4n) is 5.59. The molecular formula is C32H24N8O2Si2. The molecule has 2 aliphatic rings. The molecule has 0 atom stereocenters. The van der Waals surface area contributed by atoms with Crippen molar-refractivity contribution < 1.29 is 8.91 Å². The number of nitrogens with zero attached hydrogens (tertiary/aromatic N) is 6. The lowest BCUT2D eigenvalue weighted by atomic mass is 10.1. The molecule has 12 heteroatoms. The van der Waals surface area contributed by atoms with Crippen LogP contribution in [0.15, 0.2) is 97.1 Å². The van der Waals surface area contributed by atoms with E-state index in [1.807, 2.05) is 97.1 Å². The van der Waals surface area contributed by atoms with Crippen LogP contribution in [-0.4, -0.2) is 65.2 Å². The van der Waals surface area contributed by atoms with Crippen LogP contribution >= 0.6 is 0 Å². The lowest BCUT2D eigenvalue weighted by molar-refractivity contribution is 0.478. The second-order valence-corrected chi connectivity index (χ2v) is 12.8. The number of hydrogen-bond donors (Lipinski definition) is 3. The van der Waals surface area contributed by atoms with Crippen LogP contribution in [0.4, 0.5) is 0 Å². The van der Waals surface area contributed by atoms with E-state index in [2.05, 4.69) is 14.1 Å². The molecule has 212 valence electrons. The molecule has 10 nitrogen and oxygen atoms in total. The topological polar surface area (TPSA) is 138 Å². The molecule has 0 aliphatic carbocycles. The van der Waals surface area contributed by atoms with Gasteiger partial charge in [0.2, 0.25) is 0 Å². The maximum atomic E-state index is 7.83. The Labute approximate surface area is 255 Å². The van der Waals surface area contributed by atoms with Gasteiger partial charge in [0.05, 0.1) is 0 Å². The zero-order valence-electron chi connectivity index (χ0n) is 23.5. The SMILES string of the molecule is O[SiH2]O[SiH3].c1ccc2c(c1)-c1nc-2nc2[nH]c(nc3nc(nc4[nH]c(n1)c1ccccc41)-c1ccccc1-3)c1ccccc21. The van der Waals surface area contributed by atoms with Gasteiger partial charge in [-0.2, -0.15) is 0 Å². The molecule has 7 aromatic rings. The Morgan fingerprint density at radius 2 is 0.705 bits per heavy atom. The number of rotatable bonds is 1. The van der Waals surface area contributed by atoms with Crippen molar-refractivity contribution in [1.29, 1.82) is 0 Å². The third-order valence-corrected chi connectivity index (χ3v) is 8.62. The van der Waals surface area contributed by atoms with Gasteiger partial charge < -0.3 is 18.9 Å². The van der Waals surface area contributed by atoms with Crippen molar-refractivity contribution in [1.82, 2.24) is 39.9 Å². The maximum Gasteiger partial charge on any atom is 0.290 e. The molecule has 0 amide bonds. The number of hydrogen-bond acceptors (Lipinski definition) is 8. The summed E-state index contributed by atoms with van der Waals surface area (Å²) < 4.78 is 4.38. The van der Waals surface area contributed by atoms with Crippen molar-refractivity contribution in [3.8, 4) is 45.6 Å². The molecule has 3 aromatic heterocycles. The Hall–Kier alpha value is -5.41. The zero-order chi connectivity index (χ0) is 29.6. The van der Waals surface area contributed by atoms with Gasteiger partial charge in [0.25, 0.3) is 10.0 Å². The summed E-state index contributed by atoms with van der Waals surface area (Å²) in [4.78, 5) is 44.6. The Morgan fingerprint density at radius 3 is 0.955 bits per heavy atom. The first-order valence-corrected chi connectivity index (χ1v) is 16.0. The molecule has 0 saturated carbocycles. The van der Waals surface area contributed by atoms with Gasteiger partial charge in [0, 0.05) is 43.8 Å². The summed E-state index contributed by atoms with van der Waals surface area (Å²) in [6.45, 7) is 0. The Kier molecular flexibility index (Phi) is 6.38. The second kappa shape index (κ2) is 10.7. The largest absolute Gasteiger partial charge is 0.449 e. The van der Waals surface area contributed by atoms with Crippen molar-refractivity contribution in [2.24, 2.45) is 0 Å². The molecule has 44 heavy (non-hydrogen) atoms. The minimum Gasteiger partial charge on any atom is -0.449 e. The van der Waals surface area contributed by atoms with E-state index in [0.29, 0.717) is 56.4 Å². The summed E-state index contributed by atoms with van der Waals surface area (Å²) in [7, 11) is -0.312. The predicted octanol–water partition coefficient (Wildman–Crippen LogP) is 4.14.